The van der Waals surface area contributed by atoms with E-state index >= 15 is 0 Å². The van der Waals surface area contributed by atoms with E-state index < -0.39 is 30.4 Å². The average Bonchev–Trinajstić information content (AvgIpc) is 2.70. The molecule has 2 aromatic rings. The number of halogens is 1. The molecule has 0 aliphatic heterocycles. The molecule has 0 saturated carbocycles. The number of rotatable bonds is 8. The third-order valence-corrected chi connectivity index (χ3v) is 4.68. The van der Waals surface area contributed by atoms with Crippen LogP contribution in [0.15, 0.2) is 54.6 Å². The van der Waals surface area contributed by atoms with Crippen molar-refractivity contribution in [3.8, 4) is 0 Å². The largest absolute Gasteiger partial charge is 0.454 e. The van der Waals surface area contributed by atoms with Crippen LogP contribution in [0.2, 0.25) is 5.02 Å². The molecule has 0 aromatic heterocycles. The highest BCUT2D eigenvalue weighted by Crippen LogP contribution is 2.16. The zero-order valence-corrected chi connectivity index (χ0v) is 17.4. The molecule has 0 unspecified atom stereocenters. The molecular weight excluding hydrogens is 392 g/mol. The van der Waals surface area contributed by atoms with Gasteiger partial charge in [0.05, 0.1) is 16.6 Å². The lowest BCUT2D eigenvalue weighted by Crippen LogP contribution is -2.46. The van der Waals surface area contributed by atoms with Gasteiger partial charge >= 0.3 is 5.97 Å². The van der Waals surface area contributed by atoms with Crippen LogP contribution in [-0.2, 0) is 14.3 Å². The Hall–Kier alpha value is -2.86. The van der Waals surface area contributed by atoms with Crippen LogP contribution in [0.25, 0.3) is 0 Å². The first-order valence-electron chi connectivity index (χ1n) is 9.36. The number of hydrogen-bond acceptors (Lipinski definition) is 4. The number of amides is 2. The minimum absolute atomic E-state index is 0.219. The SMILES string of the molecule is CC(C)[C@H](NC(=O)c1ccccc1Cl)C(=O)OCC(=O)N[C@H](C)c1ccccc1. The number of esters is 1. The Balaban J connectivity index is 1.91. The normalized spacial score (nSPS) is 12.7. The van der Waals surface area contributed by atoms with Crippen molar-refractivity contribution >= 4 is 29.4 Å². The van der Waals surface area contributed by atoms with E-state index in [2.05, 4.69) is 10.6 Å². The van der Waals surface area contributed by atoms with Crippen LogP contribution in [0.1, 0.15) is 42.7 Å². The smallest absolute Gasteiger partial charge is 0.329 e. The molecule has 0 heterocycles. The van der Waals surface area contributed by atoms with E-state index in [9.17, 15) is 14.4 Å². The molecule has 0 fully saturated rings. The van der Waals surface area contributed by atoms with Crippen LogP contribution < -0.4 is 10.6 Å². The summed E-state index contributed by atoms with van der Waals surface area (Å²) in [5.74, 6) is -1.81. The van der Waals surface area contributed by atoms with E-state index in [0.717, 1.165) is 5.56 Å². The van der Waals surface area contributed by atoms with E-state index in [-0.39, 0.29) is 22.5 Å². The van der Waals surface area contributed by atoms with Crippen LogP contribution in [0.4, 0.5) is 0 Å². The van der Waals surface area contributed by atoms with Crippen molar-refractivity contribution in [2.24, 2.45) is 5.92 Å². The third-order valence-electron chi connectivity index (χ3n) is 4.35. The molecule has 0 aliphatic carbocycles. The van der Waals surface area contributed by atoms with Crippen molar-refractivity contribution in [3.63, 3.8) is 0 Å². The molecular formula is C22H25ClN2O4. The molecule has 0 saturated heterocycles. The summed E-state index contributed by atoms with van der Waals surface area (Å²) >= 11 is 6.03. The van der Waals surface area contributed by atoms with Gasteiger partial charge in [-0.3, -0.25) is 9.59 Å². The van der Waals surface area contributed by atoms with Gasteiger partial charge in [-0.05, 0) is 30.5 Å². The molecule has 2 rings (SSSR count). The van der Waals surface area contributed by atoms with Crippen molar-refractivity contribution in [1.29, 1.82) is 0 Å². The Kier molecular flexibility index (Phi) is 8.21. The maximum Gasteiger partial charge on any atom is 0.329 e. The third kappa shape index (κ3) is 6.61. The number of carbonyl (C=O) groups excluding carboxylic acids is 3. The van der Waals surface area contributed by atoms with Crippen LogP contribution >= 0.6 is 11.6 Å². The van der Waals surface area contributed by atoms with Crippen molar-refractivity contribution < 1.29 is 19.1 Å². The highest BCUT2D eigenvalue weighted by molar-refractivity contribution is 6.33. The highest BCUT2D eigenvalue weighted by atomic mass is 35.5. The number of nitrogens with one attached hydrogen (secondary N) is 2. The quantitative estimate of drug-likeness (QED) is 0.645. The molecule has 2 amide bonds. The van der Waals surface area contributed by atoms with Gasteiger partial charge in [-0.25, -0.2) is 4.79 Å². The fourth-order valence-corrected chi connectivity index (χ4v) is 2.92. The minimum atomic E-state index is -0.905. The second-order valence-corrected chi connectivity index (χ2v) is 7.39. The first-order valence-corrected chi connectivity index (χ1v) is 9.73. The zero-order valence-electron chi connectivity index (χ0n) is 16.6. The van der Waals surface area contributed by atoms with Gasteiger partial charge in [-0.2, -0.15) is 0 Å². The van der Waals surface area contributed by atoms with E-state index in [1.807, 2.05) is 37.3 Å². The molecule has 6 nitrogen and oxygen atoms in total. The first kappa shape index (κ1) is 22.4. The Morgan fingerprint density at radius 2 is 1.55 bits per heavy atom. The molecule has 2 aromatic carbocycles. The second kappa shape index (κ2) is 10.6. The number of benzene rings is 2. The van der Waals surface area contributed by atoms with Crippen molar-refractivity contribution in [3.05, 3.63) is 70.7 Å². The summed E-state index contributed by atoms with van der Waals surface area (Å²) < 4.78 is 5.13. The Morgan fingerprint density at radius 3 is 2.17 bits per heavy atom. The van der Waals surface area contributed by atoms with E-state index in [1.165, 1.54) is 0 Å². The van der Waals surface area contributed by atoms with Gasteiger partial charge in [0.15, 0.2) is 6.61 Å². The maximum atomic E-state index is 12.4. The average molecular weight is 417 g/mol. The summed E-state index contributed by atoms with van der Waals surface area (Å²) in [6, 6.07) is 14.9. The monoisotopic (exact) mass is 416 g/mol. The van der Waals surface area contributed by atoms with Crippen molar-refractivity contribution in [1.82, 2.24) is 10.6 Å². The summed E-state index contributed by atoms with van der Waals surface area (Å²) in [5, 5.41) is 5.69. The van der Waals surface area contributed by atoms with Crippen molar-refractivity contribution in [2.45, 2.75) is 32.9 Å². The summed E-state index contributed by atoms with van der Waals surface area (Å²) in [6.45, 7) is 4.96. The molecule has 29 heavy (non-hydrogen) atoms. The number of hydrogen-bond donors (Lipinski definition) is 2. The number of carbonyl (C=O) groups is 3. The van der Waals surface area contributed by atoms with Gasteiger partial charge in [-0.15, -0.1) is 0 Å². The molecule has 0 spiro atoms. The van der Waals surface area contributed by atoms with E-state index in [1.54, 1.807) is 38.1 Å². The fourth-order valence-electron chi connectivity index (χ4n) is 2.70. The second-order valence-electron chi connectivity index (χ2n) is 6.98. The Labute approximate surface area is 175 Å². The zero-order chi connectivity index (χ0) is 21.4. The van der Waals surface area contributed by atoms with Gasteiger partial charge in [0.25, 0.3) is 11.8 Å². The maximum absolute atomic E-state index is 12.4. The van der Waals surface area contributed by atoms with Crippen LogP contribution in [0.3, 0.4) is 0 Å². The summed E-state index contributed by atoms with van der Waals surface area (Å²) in [4.78, 5) is 37.0. The Bertz CT molecular complexity index is 855. The van der Waals surface area contributed by atoms with Gasteiger partial charge in [0.1, 0.15) is 6.04 Å². The molecule has 7 heteroatoms. The fraction of sp³-hybridized carbons (Fsp3) is 0.318. The molecule has 2 atom stereocenters. The predicted molar refractivity (Wildman–Crippen MR) is 112 cm³/mol. The van der Waals surface area contributed by atoms with Gasteiger partial charge < -0.3 is 15.4 Å². The Morgan fingerprint density at radius 1 is 0.931 bits per heavy atom. The highest BCUT2D eigenvalue weighted by Gasteiger charge is 2.27. The lowest BCUT2D eigenvalue weighted by Gasteiger charge is -2.21. The van der Waals surface area contributed by atoms with E-state index in [0.29, 0.717) is 0 Å². The summed E-state index contributed by atoms with van der Waals surface area (Å²) in [6.07, 6.45) is 0. The lowest BCUT2D eigenvalue weighted by atomic mass is 10.0. The predicted octanol–water partition coefficient (Wildman–Crippen LogP) is 3.52. The molecule has 0 radical (unpaired) electrons. The topological polar surface area (TPSA) is 84.5 Å². The lowest BCUT2D eigenvalue weighted by molar-refractivity contribution is -0.151. The standard InChI is InChI=1S/C22H25ClN2O4/c1-14(2)20(25-21(27)17-11-7-8-12-18(17)23)22(28)29-13-19(26)24-15(3)16-9-5-4-6-10-16/h4-12,14-15,20H,13H2,1-3H3,(H,24,26)(H,25,27)/t15-,20+/m1/s1. The molecule has 154 valence electrons. The summed E-state index contributed by atoms with van der Waals surface area (Å²) in [7, 11) is 0. The van der Waals surface area contributed by atoms with Crippen LogP contribution in [0, 0.1) is 5.92 Å². The van der Waals surface area contributed by atoms with Crippen molar-refractivity contribution in [2.75, 3.05) is 6.61 Å². The number of ether oxygens (including phenoxy) is 1. The van der Waals surface area contributed by atoms with E-state index in [4.69, 9.17) is 16.3 Å². The van der Waals surface area contributed by atoms with Gasteiger partial charge in [-0.1, -0.05) is 67.9 Å². The molecule has 2 N–H and O–H groups in total. The van der Waals surface area contributed by atoms with Crippen LogP contribution in [0.5, 0.6) is 0 Å². The van der Waals surface area contributed by atoms with Gasteiger partial charge in [0.2, 0.25) is 0 Å². The van der Waals surface area contributed by atoms with Gasteiger partial charge in [0, 0.05) is 0 Å². The molecule has 0 aliphatic rings. The summed E-state index contributed by atoms with van der Waals surface area (Å²) in [5.41, 5.74) is 1.21. The van der Waals surface area contributed by atoms with Crippen LogP contribution in [-0.4, -0.2) is 30.4 Å². The minimum Gasteiger partial charge on any atom is -0.454 e. The molecule has 0 bridgehead atoms. The first-order chi connectivity index (χ1) is 13.8.